The zero-order valence-corrected chi connectivity index (χ0v) is 11.1. The van der Waals surface area contributed by atoms with Crippen LogP contribution in [0.4, 0.5) is 5.69 Å². The first-order valence-corrected chi connectivity index (χ1v) is 7.26. The molecule has 5 nitrogen and oxygen atoms in total. The number of carboxylic acids is 1. The van der Waals surface area contributed by atoms with Gasteiger partial charge in [-0.25, -0.2) is 13.2 Å². The minimum atomic E-state index is -3.26. The Morgan fingerprint density at radius 1 is 1.44 bits per heavy atom. The maximum atomic E-state index is 12.0. The van der Waals surface area contributed by atoms with Gasteiger partial charge in [0.15, 0.2) is 0 Å². The molecule has 0 bridgehead atoms. The smallest absolute Gasteiger partial charge is 0.335 e. The maximum Gasteiger partial charge on any atom is 0.335 e. The minimum absolute atomic E-state index is 0.0913. The van der Waals surface area contributed by atoms with Gasteiger partial charge in [-0.15, -0.1) is 0 Å². The molecule has 1 aliphatic heterocycles. The summed E-state index contributed by atoms with van der Waals surface area (Å²) >= 11 is 0. The average molecular weight is 269 g/mol. The van der Waals surface area contributed by atoms with Crippen molar-refractivity contribution in [1.29, 1.82) is 0 Å². The lowest BCUT2D eigenvalue weighted by Gasteiger charge is -2.19. The highest BCUT2D eigenvalue weighted by molar-refractivity contribution is 7.93. The normalized spacial score (nSPS) is 22.1. The molecule has 0 radical (unpaired) electrons. The van der Waals surface area contributed by atoms with Gasteiger partial charge in [-0.3, -0.25) is 4.31 Å². The molecule has 1 N–H and O–H groups in total. The lowest BCUT2D eigenvalue weighted by atomic mass is 10.1. The van der Waals surface area contributed by atoms with Crippen LogP contribution in [0.5, 0.6) is 0 Å². The van der Waals surface area contributed by atoms with Gasteiger partial charge in [0.25, 0.3) is 0 Å². The molecule has 1 aromatic rings. The van der Waals surface area contributed by atoms with Crippen molar-refractivity contribution in [3.05, 3.63) is 29.3 Å². The van der Waals surface area contributed by atoms with Gasteiger partial charge in [-0.1, -0.05) is 6.92 Å². The number of hydrogen-bond donors (Lipinski definition) is 1. The van der Waals surface area contributed by atoms with Crippen LogP contribution in [0.15, 0.2) is 18.2 Å². The molecule has 0 amide bonds. The Hall–Kier alpha value is -1.56. The number of sulfonamides is 1. The van der Waals surface area contributed by atoms with E-state index in [9.17, 15) is 13.2 Å². The third kappa shape index (κ3) is 2.20. The third-order valence-electron chi connectivity index (χ3n) is 3.02. The van der Waals surface area contributed by atoms with Gasteiger partial charge in [0.2, 0.25) is 10.0 Å². The molecule has 6 heteroatoms. The summed E-state index contributed by atoms with van der Waals surface area (Å²) in [6.07, 6.45) is 0. The molecule has 1 aliphatic rings. The maximum absolute atomic E-state index is 12.0. The van der Waals surface area contributed by atoms with Crippen LogP contribution in [0.3, 0.4) is 0 Å². The first-order chi connectivity index (χ1) is 8.31. The van der Waals surface area contributed by atoms with Gasteiger partial charge in [0.05, 0.1) is 17.0 Å². The molecule has 1 aromatic carbocycles. The Kier molecular flexibility index (Phi) is 3.06. The molecular formula is C12H15NO4S. The fourth-order valence-corrected chi connectivity index (χ4v) is 4.21. The largest absolute Gasteiger partial charge is 0.478 e. The molecule has 0 spiro atoms. The first kappa shape index (κ1) is 12.9. The van der Waals surface area contributed by atoms with E-state index in [0.29, 0.717) is 17.8 Å². The molecule has 18 heavy (non-hydrogen) atoms. The number of aromatic carboxylic acids is 1. The van der Waals surface area contributed by atoms with Crippen LogP contribution < -0.4 is 4.31 Å². The van der Waals surface area contributed by atoms with Gasteiger partial charge < -0.3 is 5.11 Å². The zero-order valence-electron chi connectivity index (χ0n) is 10.3. The zero-order chi connectivity index (χ0) is 13.5. The number of rotatable bonds is 2. The molecule has 1 saturated heterocycles. The fourth-order valence-electron chi connectivity index (χ4n) is 2.22. The van der Waals surface area contributed by atoms with E-state index in [1.54, 1.807) is 13.0 Å². The summed E-state index contributed by atoms with van der Waals surface area (Å²) in [7, 11) is -3.26. The van der Waals surface area contributed by atoms with E-state index in [0.717, 1.165) is 0 Å². The Bertz CT molecular complexity index is 594. The monoisotopic (exact) mass is 269 g/mol. The van der Waals surface area contributed by atoms with E-state index in [1.807, 2.05) is 6.92 Å². The van der Waals surface area contributed by atoms with Crippen molar-refractivity contribution in [2.45, 2.75) is 13.8 Å². The molecular weight excluding hydrogens is 254 g/mol. The Morgan fingerprint density at radius 2 is 2.11 bits per heavy atom. The number of carbonyl (C=O) groups is 1. The van der Waals surface area contributed by atoms with Gasteiger partial charge in [-0.2, -0.15) is 0 Å². The predicted octanol–water partition coefficient (Wildman–Crippen LogP) is 1.48. The summed E-state index contributed by atoms with van der Waals surface area (Å²) in [5.41, 5.74) is 1.40. The predicted molar refractivity (Wildman–Crippen MR) is 68.4 cm³/mol. The van der Waals surface area contributed by atoms with Crippen LogP contribution in [-0.4, -0.2) is 31.8 Å². The fraction of sp³-hybridized carbons (Fsp3) is 0.417. The van der Waals surface area contributed by atoms with Crippen LogP contribution in [-0.2, 0) is 10.0 Å². The molecule has 1 heterocycles. The van der Waals surface area contributed by atoms with Crippen LogP contribution in [0, 0.1) is 12.8 Å². The van der Waals surface area contributed by atoms with Crippen LogP contribution in [0.1, 0.15) is 22.8 Å². The molecule has 0 aliphatic carbocycles. The molecule has 0 saturated carbocycles. The standard InChI is InChI=1S/C12H15NO4S/c1-8-6-13(18(16,17)7-8)11-4-3-10(12(14)15)5-9(11)2/h3-5,8H,6-7H2,1-2H3,(H,14,15). The quantitative estimate of drug-likeness (QED) is 0.882. The summed E-state index contributed by atoms with van der Waals surface area (Å²) < 4.78 is 25.3. The van der Waals surface area contributed by atoms with E-state index in [2.05, 4.69) is 0 Å². The highest BCUT2D eigenvalue weighted by atomic mass is 32.2. The van der Waals surface area contributed by atoms with Crippen molar-refractivity contribution >= 4 is 21.7 Å². The van der Waals surface area contributed by atoms with Gasteiger partial charge in [-0.05, 0) is 36.6 Å². The van der Waals surface area contributed by atoms with Crippen molar-refractivity contribution < 1.29 is 18.3 Å². The molecule has 1 fully saturated rings. The highest BCUT2D eigenvalue weighted by Gasteiger charge is 2.34. The first-order valence-electron chi connectivity index (χ1n) is 5.65. The minimum Gasteiger partial charge on any atom is -0.478 e. The van der Waals surface area contributed by atoms with Crippen LogP contribution in [0.25, 0.3) is 0 Å². The summed E-state index contributed by atoms with van der Waals surface area (Å²) in [6, 6.07) is 4.49. The summed E-state index contributed by atoms with van der Waals surface area (Å²) in [5.74, 6) is -0.775. The van der Waals surface area contributed by atoms with Crippen molar-refractivity contribution in [2.75, 3.05) is 16.6 Å². The Morgan fingerprint density at radius 3 is 2.56 bits per heavy atom. The number of anilines is 1. The number of benzene rings is 1. The SMILES string of the molecule is Cc1cc(C(=O)O)ccc1N1CC(C)CS1(=O)=O. The lowest BCUT2D eigenvalue weighted by Crippen LogP contribution is -2.26. The Labute approximate surface area is 106 Å². The summed E-state index contributed by atoms with van der Waals surface area (Å²) in [5, 5.41) is 8.88. The average Bonchev–Trinajstić information content (AvgIpc) is 2.51. The van der Waals surface area contributed by atoms with E-state index in [1.165, 1.54) is 16.4 Å². The second-order valence-electron chi connectivity index (χ2n) is 4.72. The summed E-state index contributed by atoms with van der Waals surface area (Å²) in [4.78, 5) is 10.8. The van der Waals surface area contributed by atoms with Crippen molar-refractivity contribution in [2.24, 2.45) is 5.92 Å². The van der Waals surface area contributed by atoms with Crippen molar-refractivity contribution in [3.63, 3.8) is 0 Å². The third-order valence-corrected chi connectivity index (χ3v) is 5.03. The van der Waals surface area contributed by atoms with E-state index < -0.39 is 16.0 Å². The number of aryl methyl sites for hydroxylation is 1. The summed E-state index contributed by atoms with van der Waals surface area (Å²) in [6.45, 7) is 4.06. The molecule has 2 rings (SSSR count). The van der Waals surface area contributed by atoms with E-state index in [4.69, 9.17) is 5.11 Å². The second-order valence-corrected chi connectivity index (χ2v) is 6.66. The lowest BCUT2D eigenvalue weighted by molar-refractivity contribution is 0.0697. The van der Waals surface area contributed by atoms with E-state index >= 15 is 0 Å². The molecule has 0 aromatic heterocycles. The topological polar surface area (TPSA) is 74.7 Å². The number of carboxylic acid groups (broad SMARTS) is 1. The number of hydrogen-bond acceptors (Lipinski definition) is 3. The van der Waals surface area contributed by atoms with E-state index in [-0.39, 0.29) is 17.2 Å². The van der Waals surface area contributed by atoms with Crippen molar-refractivity contribution in [3.8, 4) is 0 Å². The van der Waals surface area contributed by atoms with Gasteiger partial charge >= 0.3 is 5.97 Å². The number of nitrogens with zero attached hydrogens (tertiary/aromatic N) is 1. The molecule has 1 atom stereocenters. The van der Waals surface area contributed by atoms with Crippen LogP contribution >= 0.6 is 0 Å². The molecule has 98 valence electrons. The van der Waals surface area contributed by atoms with Crippen LogP contribution in [0.2, 0.25) is 0 Å². The molecule has 1 unspecified atom stereocenters. The highest BCUT2D eigenvalue weighted by Crippen LogP contribution is 2.30. The second kappa shape index (κ2) is 4.28. The van der Waals surface area contributed by atoms with Gasteiger partial charge in [0, 0.05) is 6.54 Å². The van der Waals surface area contributed by atoms with Crippen molar-refractivity contribution in [1.82, 2.24) is 0 Å². The Balaban J connectivity index is 2.44. The van der Waals surface area contributed by atoms with Gasteiger partial charge in [0.1, 0.15) is 0 Å².